The summed E-state index contributed by atoms with van der Waals surface area (Å²) >= 11 is 4.65. The summed E-state index contributed by atoms with van der Waals surface area (Å²) in [7, 11) is -1.63. The number of ether oxygens (including phenoxy) is 1. The number of hydrazone groups is 1. The number of hydrogen-bond donors (Lipinski definition) is 4. The summed E-state index contributed by atoms with van der Waals surface area (Å²) in [4.78, 5) is 0. The van der Waals surface area contributed by atoms with Gasteiger partial charge in [-0.25, -0.2) is 0 Å². The molecule has 0 atom stereocenters. The number of benzene rings is 1. The molecule has 0 aliphatic rings. The molecule has 0 saturated carbocycles. The standard InChI is InChI=1S/C12H18BN3O3S/c1-7(2)19-11-9(6-15-16-12(14)20)4-8(3)5-10(11)13(17)18/h4-7,17-18H,1-3H3,(H3,14,16,20). The van der Waals surface area contributed by atoms with E-state index >= 15 is 0 Å². The molecule has 0 bridgehead atoms. The Kier molecular flexibility index (Phi) is 5.93. The fraction of sp³-hybridized carbons (Fsp3) is 0.333. The van der Waals surface area contributed by atoms with Crippen molar-refractivity contribution in [3.8, 4) is 5.75 Å². The lowest BCUT2D eigenvalue weighted by molar-refractivity contribution is 0.243. The van der Waals surface area contributed by atoms with E-state index < -0.39 is 7.12 Å². The molecule has 0 saturated heterocycles. The van der Waals surface area contributed by atoms with E-state index in [1.54, 1.807) is 6.07 Å². The highest BCUT2D eigenvalue weighted by Crippen LogP contribution is 2.18. The van der Waals surface area contributed by atoms with Crippen molar-refractivity contribution in [3.63, 3.8) is 0 Å². The second kappa shape index (κ2) is 7.23. The van der Waals surface area contributed by atoms with Crippen LogP contribution in [-0.2, 0) is 0 Å². The van der Waals surface area contributed by atoms with E-state index in [0.717, 1.165) is 5.56 Å². The van der Waals surface area contributed by atoms with Gasteiger partial charge >= 0.3 is 7.12 Å². The van der Waals surface area contributed by atoms with Gasteiger partial charge in [0.1, 0.15) is 5.75 Å². The molecule has 20 heavy (non-hydrogen) atoms. The molecular weight excluding hydrogens is 277 g/mol. The first kappa shape index (κ1) is 16.4. The summed E-state index contributed by atoms with van der Waals surface area (Å²) in [6.07, 6.45) is 1.35. The Morgan fingerprint density at radius 1 is 1.50 bits per heavy atom. The molecule has 0 aliphatic carbocycles. The molecule has 5 N–H and O–H groups in total. The first-order chi connectivity index (χ1) is 9.31. The Morgan fingerprint density at radius 2 is 2.15 bits per heavy atom. The number of nitrogens with two attached hydrogens (primary N) is 1. The first-order valence-corrected chi connectivity index (χ1v) is 6.48. The number of hydrogen-bond acceptors (Lipinski definition) is 5. The van der Waals surface area contributed by atoms with Crippen LogP contribution < -0.4 is 21.4 Å². The summed E-state index contributed by atoms with van der Waals surface area (Å²) in [5, 5.41) is 22.8. The third kappa shape index (κ3) is 4.80. The highest BCUT2D eigenvalue weighted by atomic mass is 32.1. The SMILES string of the molecule is Cc1cc(C=NNC(N)=S)c(OC(C)C)c(B(O)O)c1. The zero-order valence-electron chi connectivity index (χ0n) is 11.6. The highest BCUT2D eigenvalue weighted by Gasteiger charge is 2.21. The van der Waals surface area contributed by atoms with Gasteiger partial charge in [0.05, 0.1) is 12.3 Å². The zero-order chi connectivity index (χ0) is 15.3. The van der Waals surface area contributed by atoms with E-state index in [1.807, 2.05) is 26.8 Å². The number of thiocarbonyl (C=S) groups is 1. The summed E-state index contributed by atoms with van der Waals surface area (Å²) < 4.78 is 5.65. The molecular formula is C12H18BN3O3S. The lowest BCUT2D eigenvalue weighted by Gasteiger charge is -2.17. The first-order valence-electron chi connectivity index (χ1n) is 6.07. The molecule has 1 rings (SSSR count). The largest absolute Gasteiger partial charge is 0.492 e. The van der Waals surface area contributed by atoms with Crippen LogP contribution in [0.3, 0.4) is 0 Å². The maximum absolute atomic E-state index is 9.45. The second-order valence-corrected chi connectivity index (χ2v) is 4.99. The van der Waals surface area contributed by atoms with Crippen LogP contribution >= 0.6 is 12.2 Å². The summed E-state index contributed by atoms with van der Waals surface area (Å²) in [6, 6.07) is 3.47. The van der Waals surface area contributed by atoms with Gasteiger partial charge in [-0.3, -0.25) is 5.43 Å². The van der Waals surface area contributed by atoms with Gasteiger partial charge in [-0.15, -0.1) is 0 Å². The van der Waals surface area contributed by atoms with Gasteiger partial charge < -0.3 is 20.5 Å². The number of rotatable bonds is 5. The fourth-order valence-electron chi connectivity index (χ4n) is 1.65. The van der Waals surface area contributed by atoms with Gasteiger partial charge in [0.25, 0.3) is 0 Å². The molecule has 0 amide bonds. The minimum atomic E-state index is -1.63. The van der Waals surface area contributed by atoms with Gasteiger partial charge in [0.2, 0.25) is 0 Å². The van der Waals surface area contributed by atoms with E-state index in [-0.39, 0.29) is 16.7 Å². The van der Waals surface area contributed by atoms with Crippen LogP contribution in [0.1, 0.15) is 25.0 Å². The molecule has 6 nitrogen and oxygen atoms in total. The normalized spacial score (nSPS) is 10.9. The molecule has 108 valence electrons. The van der Waals surface area contributed by atoms with Crippen molar-refractivity contribution in [2.75, 3.05) is 0 Å². The smallest absolute Gasteiger partial charge is 0.491 e. The quantitative estimate of drug-likeness (QED) is 0.256. The Labute approximate surface area is 123 Å². The zero-order valence-corrected chi connectivity index (χ0v) is 12.4. The van der Waals surface area contributed by atoms with E-state index in [9.17, 15) is 10.0 Å². The van der Waals surface area contributed by atoms with Crippen LogP contribution in [0, 0.1) is 6.92 Å². The molecule has 0 aliphatic heterocycles. The average Bonchev–Trinajstić information content (AvgIpc) is 2.30. The van der Waals surface area contributed by atoms with Crippen molar-refractivity contribution in [2.24, 2.45) is 10.8 Å². The van der Waals surface area contributed by atoms with Gasteiger partial charge in [-0.2, -0.15) is 5.10 Å². The third-order valence-electron chi connectivity index (χ3n) is 2.30. The predicted octanol–water partition coefficient (Wildman–Crippen LogP) is -0.371. The van der Waals surface area contributed by atoms with Crippen LogP contribution in [0.4, 0.5) is 0 Å². The van der Waals surface area contributed by atoms with Gasteiger partial charge in [-0.05, 0) is 39.1 Å². The van der Waals surface area contributed by atoms with E-state index in [4.69, 9.17) is 10.5 Å². The molecule has 0 unspecified atom stereocenters. The molecule has 1 aromatic rings. The lowest BCUT2D eigenvalue weighted by Crippen LogP contribution is -2.33. The molecule has 0 spiro atoms. The Balaban J connectivity index is 3.24. The van der Waals surface area contributed by atoms with Crippen LogP contribution in [0.5, 0.6) is 5.75 Å². The van der Waals surface area contributed by atoms with Crippen molar-refractivity contribution >= 4 is 36.1 Å². The predicted molar refractivity (Wildman–Crippen MR) is 84.3 cm³/mol. The fourth-order valence-corrected chi connectivity index (χ4v) is 1.71. The van der Waals surface area contributed by atoms with Gasteiger partial charge in [0.15, 0.2) is 5.11 Å². The third-order valence-corrected chi connectivity index (χ3v) is 2.39. The van der Waals surface area contributed by atoms with Crippen molar-refractivity contribution in [1.29, 1.82) is 0 Å². The van der Waals surface area contributed by atoms with E-state index in [2.05, 4.69) is 22.7 Å². The summed E-state index contributed by atoms with van der Waals surface area (Å²) in [5.74, 6) is 0.370. The summed E-state index contributed by atoms with van der Waals surface area (Å²) in [5.41, 5.74) is 9.46. The van der Waals surface area contributed by atoms with Gasteiger partial charge in [-0.1, -0.05) is 11.6 Å². The summed E-state index contributed by atoms with van der Waals surface area (Å²) in [6.45, 7) is 5.53. The average molecular weight is 295 g/mol. The van der Waals surface area contributed by atoms with E-state index in [1.165, 1.54) is 6.21 Å². The molecule has 0 radical (unpaired) electrons. The van der Waals surface area contributed by atoms with E-state index in [0.29, 0.717) is 11.3 Å². The van der Waals surface area contributed by atoms with Crippen molar-refractivity contribution in [1.82, 2.24) is 5.43 Å². The molecule has 8 heteroatoms. The maximum atomic E-state index is 9.45. The lowest BCUT2D eigenvalue weighted by atomic mass is 9.77. The number of aryl methyl sites for hydroxylation is 1. The van der Waals surface area contributed by atoms with Crippen molar-refractivity contribution < 1.29 is 14.8 Å². The molecule has 1 aromatic carbocycles. The monoisotopic (exact) mass is 295 g/mol. The number of nitrogens with zero attached hydrogens (tertiary/aromatic N) is 1. The second-order valence-electron chi connectivity index (χ2n) is 4.55. The van der Waals surface area contributed by atoms with Crippen LogP contribution in [0.2, 0.25) is 0 Å². The highest BCUT2D eigenvalue weighted by molar-refractivity contribution is 7.80. The minimum absolute atomic E-state index is 0.0441. The van der Waals surface area contributed by atoms with Crippen molar-refractivity contribution in [2.45, 2.75) is 26.9 Å². The Morgan fingerprint density at radius 3 is 2.65 bits per heavy atom. The molecule has 0 fully saturated rings. The topological polar surface area (TPSA) is 100 Å². The number of nitrogens with one attached hydrogen (secondary N) is 1. The van der Waals surface area contributed by atoms with Crippen LogP contribution in [0.15, 0.2) is 17.2 Å². The minimum Gasteiger partial charge on any atom is -0.491 e. The van der Waals surface area contributed by atoms with Crippen LogP contribution in [0.25, 0.3) is 0 Å². The van der Waals surface area contributed by atoms with Crippen molar-refractivity contribution in [3.05, 3.63) is 23.3 Å². The molecule has 0 aromatic heterocycles. The Bertz CT molecular complexity index is 521. The Hall–Kier alpha value is -1.64. The molecule has 0 heterocycles. The van der Waals surface area contributed by atoms with Crippen LogP contribution in [-0.4, -0.2) is 34.6 Å². The maximum Gasteiger partial charge on any atom is 0.492 e. The van der Waals surface area contributed by atoms with Gasteiger partial charge in [0, 0.05) is 11.0 Å².